The summed E-state index contributed by atoms with van der Waals surface area (Å²) in [6.45, 7) is 0. The van der Waals surface area contributed by atoms with Crippen LogP contribution in [0.1, 0.15) is 75.7 Å². The van der Waals surface area contributed by atoms with Crippen molar-refractivity contribution in [3.8, 4) is 22.6 Å². The second kappa shape index (κ2) is 14.2. The Kier molecular flexibility index (Phi) is 9.95. The first-order valence-corrected chi connectivity index (χ1v) is 19.3. The molecule has 42 heavy (non-hydrogen) atoms. The molecule has 0 spiro atoms. The lowest BCUT2D eigenvalue weighted by Crippen LogP contribution is -2.24. The van der Waals surface area contributed by atoms with Gasteiger partial charge >= 0.3 is 0 Å². The average Bonchev–Trinajstić information content (AvgIpc) is 3.08. The highest BCUT2D eigenvalue weighted by Gasteiger charge is 2.36. The average molecular weight is 595 g/mol. The molecule has 0 heterocycles. The van der Waals surface area contributed by atoms with Crippen molar-refractivity contribution in [3.05, 3.63) is 103 Å². The van der Waals surface area contributed by atoms with E-state index in [9.17, 15) is 0 Å². The van der Waals surface area contributed by atoms with Gasteiger partial charge in [-0.15, -0.1) is 0 Å². The van der Waals surface area contributed by atoms with Crippen molar-refractivity contribution in [2.75, 3.05) is 14.2 Å². The summed E-state index contributed by atoms with van der Waals surface area (Å²) in [5.41, 5.74) is 4.57. The summed E-state index contributed by atoms with van der Waals surface area (Å²) in [6, 6.07) is 36.6. The van der Waals surface area contributed by atoms with Crippen LogP contribution in [0.15, 0.2) is 97.1 Å². The van der Waals surface area contributed by atoms with E-state index in [0.29, 0.717) is 5.66 Å². The fourth-order valence-electron chi connectivity index (χ4n) is 7.09. The Morgan fingerprint density at radius 3 is 1.83 bits per heavy atom. The van der Waals surface area contributed by atoms with Crippen molar-refractivity contribution >= 4 is 31.1 Å². The number of methoxy groups -OCH3 is 2. The molecule has 2 saturated carbocycles. The fraction of sp³-hybridized carbons (Fsp3) is 0.368. The molecule has 0 aromatic heterocycles. The molecule has 1 unspecified atom stereocenters. The lowest BCUT2D eigenvalue weighted by Gasteiger charge is -2.39. The number of ether oxygens (including phenoxy) is 2. The zero-order valence-electron chi connectivity index (χ0n) is 25.2. The monoisotopic (exact) mass is 594 g/mol. The predicted octanol–water partition coefficient (Wildman–Crippen LogP) is 9.91. The van der Waals surface area contributed by atoms with E-state index in [1.54, 1.807) is 12.7 Å². The quantitative estimate of drug-likeness (QED) is 0.180. The summed E-state index contributed by atoms with van der Waals surface area (Å²) < 4.78 is 12.1. The predicted molar refractivity (Wildman–Crippen MR) is 183 cm³/mol. The third kappa shape index (κ3) is 6.32. The molecule has 0 amide bonds. The van der Waals surface area contributed by atoms with Crippen molar-refractivity contribution in [2.24, 2.45) is 0 Å². The summed E-state index contributed by atoms with van der Waals surface area (Å²) in [5, 5.41) is 4.47. The van der Waals surface area contributed by atoms with Gasteiger partial charge in [-0.2, -0.15) is 0 Å². The molecular formula is C38H44O2P2. The van der Waals surface area contributed by atoms with E-state index < -0.39 is 15.2 Å². The maximum absolute atomic E-state index is 6.11. The van der Waals surface area contributed by atoms with Crippen LogP contribution in [0.25, 0.3) is 11.1 Å². The Balaban J connectivity index is 1.54. The molecule has 2 aliphatic carbocycles. The van der Waals surface area contributed by atoms with Gasteiger partial charge in [-0.3, -0.25) is 0 Å². The SMILES string of the molecule is COc1ccccc1-c1c(OC)cccc1P(C1CCCCC1)[P@@](c1ccccc1)c1ccc(C2CCCCC2)cc1. The Morgan fingerprint density at radius 1 is 0.548 bits per heavy atom. The topological polar surface area (TPSA) is 18.5 Å². The molecule has 0 N–H and O–H groups in total. The molecule has 2 fully saturated rings. The molecule has 2 nitrogen and oxygen atoms in total. The van der Waals surface area contributed by atoms with Gasteiger partial charge in [0, 0.05) is 11.1 Å². The van der Waals surface area contributed by atoms with E-state index >= 15 is 0 Å². The first kappa shape index (κ1) is 29.4. The zero-order valence-corrected chi connectivity index (χ0v) is 27.0. The van der Waals surface area contributed by atoms with Crippen LogP contribution in [0.2, 0.25) is 0 Å². The number of hydrogen-bond acceptors (Lipinski definition) is 2. The molecule has 0 radical (unpaired) electrons. The van der Waals surface area contributed by atoms with Crippen molar-refractivity contribution in [1.82, 2.24) is 0 Å². The minimum absolute atomic E-state index is 0.569. The van der Waals surface area contributed by atoms with Crippen LogP contribution in [0.3, 0.4) is 0 Å². The van der Waals surface area contributed by atoms with Gasteiger partial charge in [0.05, 0.1) is 14.2 Å². The normalized spacial score (nSPS) is 17.9. The Morgan fingerprint density at radius 2 is 1.14 bits per heavy atom. The third-order valence-corrected chi connectivity index (χ3v) is 17.6. The lowest BCUT2D eigenvalue weighted by molar-refractivity contribution is 0.410. The van der Waals surface area contributed by atoms with E-state index in [4.69, 9.17) is 9.47 Å². The van der Waals surface area contributed by atoms with Crippen molar-refractivity contribution in [3.63, 3.8) is 0 Å². The second-order valence-electron chi connectivity index (χ2n) is 11.8. The van der Waals surface area contributed by atoms with Crippen molar-refractivity contribution in [1.29, 1.82) is 0 Å². The maximum Gasteiger partial charge on any atom is 0.127 e. The van der Waals surface area contributed by atoms with Gasteiger partial charge in [0.25, 0.3) is 0 Å². The number of hydrogen-bond donors (Lipinski definition) is 0. The molecular weight excluding hydrogens is 550 g/mol. The highest BCUT2D eigenvalue weighted by atomic mass is 32.1. The minimum Gasteiger partial charge on any atom is -0.496 e. The molecule has 0 bridgehead atoms. The van der Waals surface area contributed by atoms with Gasteiger partial charge < -0.3 is 9.47 Å². The van der Waals surface area contributed by atoms with E-state index in [1.165, 1.54) is 85.7 Å². The third-order valence-electron chi connectivity index (χ3n) is 9.20. The highest BCUT2D eigenvalue weighted by molar-refractivity contribution is 8.39. The largest absolute Gasteiger partial charge is 0.496 e. The Bertz CT molecular complexity index is 1420. The molecule has 218 valence electrons. The summed E-state index contributed by atoms with van der Waals surface area (Å²) in [6.07, 6.45) is 13.5. The molecule has 6 rings (SSSR count). The van der Waals surface area contributed by atoms with Crippen LogP contribution < -0.4 is 25.4 Å². The van der Waals surface area contributed by atoms with E-state index in [2.05, 4.69) is 97.1 Å². The van der Waals surface area contributed by atoms with E-state index in [0.717, 1.165) is 23.0 Å². The minimum atomic E-state index is -0.613. The summed E-state index contributed by atoms with van der Waals surface area (Å²) in [5.74, 6) is 2.57. The first-order valence-electron chi connectivity index (χ1n) is 15.8. The molecule has 2 aliphatic rings. The van der Waals surface area contributed by atoms with Crippen LogP contribution in [-0.4, -0.2) is 19.9 Å². The summed E-state index contributed by atoms with van der Waals surface area (Å²) >= 11 is 0. The van der Waals surface area contributed by atoms with Gasteiger partial charge in [0.15, 0.2) is 0 Å². The lowest BCUT2D eigenvalue weighted by atomic mass is 9.84. The van der Waals surface area contributed by atoms with Crippen LogP contribution >= 0.6 is 15.2 Å². The van der Waals surface area contributed by atoms with Crippen molar-refractivity contribution < 1.29 is 9.47 Å². The number of rotatable bonds is 9. The number of benzene rings is 4. The summed E-state index contributed by atoms with van der Waals surface area (Å²) in [7, 11) is 2.41. The highest BCUT2D eigenvalue weighted by Crippen LogP contribution is 2.72. The van der Waals surface area contributed by atoms with Gasteiger partial charge in [-0.25, -0.2) is 0 Å². The van der Waals surface area contributed by atoms with Gasteiger partial charge in [-0.1, -0.05) is 123 Å². The molecule has 0 saturated heterocycles. The second-order valence-corrected chi connectivity index (χ2v) is 17.8. The van der Waals surface area contributed by atoms with Crippen LogP contribution in [0.5, 0.6) is 11.5 Å². The van der Waals surface area contributed by atoms with Crippen molar-refractivity contribution in [2.45, 2.75) is 75.8 Å². The molecule has 2 atom stereocenters. The fourth-order valence-corrected chi connectivity index (χ4v) is 16.4. The van der Waals surface area contributed by atoms with Crippen LogP contribution in [0.4, 0.5) is 0 Å². The zero-order chi connectivity index (χ0) is 28.7. The standard InChI is InChI=1S/C38H44O2P2/c1-39-35-22-13-12-21-34(35)38-36(40-2)23-14-24-37(38)42(32-19-10-5-11-20-32)41(31-17-8-4-9-18-31)33-27-25-30(26-28-33)29-15-6-3-7-16-29/h4,8-9,12-14,17-18,21-29,32H,3,5-7,10-11,15-16,19-20H2,1-2H3/t41-,42?/m0/s1. The number of para-hydroxylation sites is 1. The molecule has 0 aliphatic heterocycles. The molecule has 4 aromatic carbocycles. The van der Waals surface area contributed by atoms with Crippen LogP contribution in [-0.2, 0) is 0 Å². The molecule has 4 aromatic rings. The van der Waals surface area contributed by atoms with Crippen LogP contribution in [0, 0.1) is 0 Å². The first-order chi connectivity index (χ1) is 20.8. The van der Waals surface area contributed by atoms with E-state index in [-0.39, 0.29) is 0 Å². The summed E-state index contributed by atoms with van der Waals surface area (Å²) in [4.78, 5) is 0. The van der Waals surface area contributed by atoms with E-state index in [1.807, 2.05) is 7.11 Å². The Hall–Kier alpha value is -2.66. The Labute approximate surface area is 255 Å². The maximum atomic E-state index is 6.11. The van der Waals surface area contributed by atoms with Gasteiger partial charge in [-0.05, 0) is 86.1 Å². The smallest absolute Gasteiger partial charge is 0.127 e. The van der Waals surface area contributed by atoms with Gasteiger partial charge in [0.2, 0.25) is 0 Å². The molecule has 4 heteroatoms. The van der Waals surface area contributed by atoms with Gasteiger partial charge in [0.1, 0.15) is 11.5 Å².